The fraction of sp³-hybridized carbons (Fsp3) is 0.462. The van der Waals surface area contributed by atoms with Crippen LogP contribution in [0.4, 0.5) is 5.69 Å². The Morgan fingerprint density at radius 2 is 1.95 bits per heavy atom. The van der Waals surface area contributed by atoms with Crippen molar-refractivity contribution in [2.45, 2.75) is 25.2 Å². The number of amides is 1. The molecule has 1 aliphatic heterocycles. The average Bonchev–Trinajstić information content (AvgIpc) is 2.58. The van der Waals surface area contributed by atoms with Gasteiger partial charge in [0.1, 0.15) is 0 Å². The summed E-state index contributed by atoms with van der Waals surface area (Å²) in [4.78, 5) is 11.5. The van der Waals surface area contributed by atoms with Gasteiger partial charge in [0, 0.05) is 31.7 Å². The van der Waals surface area contributed by atoms with Gasteiger partial charge in [-0.25, -0.2) is 8.42 Å². The van der Waals surface area contributed by atoms with Gasteiger partial charge in [0.05, 0.1) is 4.90 Å². The molecule has 2 rings (SSSR count). The monoisotopic (exact) mass is 297 g/mol. The maximum atomic E-state index is 12.7. The SMILES string of the molecule is Cc1cc(N)cc(S(=O)(=O)N2CCNC(=O)CC2)c1C. The highest BCUT2D eigenvalue weighted by Crippen LogP contribution is 2.25. The lowest BCUT2D eigenvalue weighted by molar-refractivity contribution is -0.120. The number of nitrogens with zero attached hydrogens (tertiary/aromatic N) is 1. The van der Waals surface area contributed by atoms with E-state index in [0.717, 1.165) is 5.56 Å². The number of hydrogen-bond donors (Lipinski definition) is 2. The second-order valence-corrected chi connectivity index (χ2v) is 6.87. The quantitative estimate of drug-likeness (QED) is 0.773. The minimum Gasteiger partial charge on any atom is -0.399 e. The first-order valence-electron chi connectivity index (χ1n) is 6.46. The number of carbonyl (C=O) groups is 1. The molecular weight excluding hydrogens is 278 g/mol. The zero-order valence-electron chi connectivity index (χ0n) is 11.6. The molecule has 0 spiro atoms. The van der Waals surface area contributed by atoms with Gasteiger partial charge in [0.15, 0.2) is 0 Å². The van der Waals surface area contributed by atoms with E-state index in [4.69, 9.17) is 5.73 Å². The third kappa shape index (κ3) is 2.78. The zero-order valence-corrected chi connectivity index (χ0v) is 12.5. The number of carbonyl (C=O) groups excluding carboxylic acids is 1. The van der Waals surface area contributed by atoms with E-state index in [2.05, 4.69) is 5.32 Å². The van der Waals surface area contributed by atoms with Gasteiger partial charge in [-0.15, -0.1) is 0 Å². The molecular formula is C13H19N3O3S. The molecule has 0 bridgehead atoms. The van der Waals surface area contributed by atoms with Crippen LogP contribution < -0.4 is 11.1 Å². The second-order valence-electron chi connectivity index (χ2n) is 4.96. The van der Waals surface area contributed by atoms with Crippen molar-refractivity contribution in [1.82, 2.24) is 9.62 Å². The summed E-state index contributed by atoms with van der Waals surface area (Å²) in [5.74, 6) is -0.122. The lowest BCUT2D eigenvalue weighted by Gasteiger charge is -2.21. The lowest BCUT2D eigenvalue weighted by Crippen LogP contribution is -2.34. The molecule has 1 aromatic carbocycles. The van der Waals surface area contributed by atoms with E-state index < -0.39 is 10.0 Å². The van der Waals surface area contributed by atoms with Gasteiger partial charge in [-0.1, -0.05) is 0 Å². The summed E-state index contributed by atoms with van der Waals surface area (Å²) in [5.41, 5.74) is 7.72. The summed E-state index contributed by atoms with van der Waals surface area (Å²) >= 11 is 0. The maximum Gasteiger partial charge on any atom is 0.243 e. The summed E-state index contributed by atoms with van der Waals surface area (Å²) in [7, 11) is -3.62. The molecule has 1 heterocycles. The Kier molecular flexibility index (Phi) is 4.01. The molecule has 0 aromatic heterocycles. The Labute approximate surface area is 119 Å². The number of anilines is 1. The fourth-order valence-corrected chi connectivity index (χ4v) is 4.02. The maximum absolute atomic E-state index is 12.7. The number of nitrogen functional groups attached to an aromatic ring is 1. The van der Waals surface area contributed by atoms with Gasteiger partial charge >= 0.3 is 0 Å². The van der Waals surface area contributed by atoms with Crippen LogP contribution >= 0.6 is 0 Å². The van der Waals surface area contributed by atoms with Crippen LogP contribution in [0, 0.1) is 13.8 Å². The molecule has 6 nitrogen and oxygen atoms in total. The fourth-order valence-electron chi connectivity index (χ4n) is 2.25. The predicted octanol–water partition coefficient (Wildman–Crippen LogP) is 0.396. The minimum atomic E-state index is -3.62. The van der Waals surface area contributed by atoms with E-state index in [0.29, 0.717) is 17.8 Å². The molecule has 1 fully saturated rings. The van der Waals surface area contributed by atoms with Crippen molar-refractivity contribution in [3.8, 4) is 0 Å². The molecule has 1 aromatic rings. The number of sulfonamides is 1. The minimum absolute atomic E-state index is 0.122. The average molecular weight is 297 g/mol. The van der Waals surface area contributed by atoms with Gasteiger partial charge in [-0.3, -0.25) is 4.79 Å². The van der Waals surface area contributed by atoms with Gasteiger partial charge in [-0.05, 0) is 37.1 Å². The van der Waals surface area contributed by atoms with Crippen LogP contribution in [0.25, 0.3) is 0 Å². The molecule has 1 amide bonds. The summed E-state index contributed by atoms with van der Waals surface area (Å²) in [6, 6.07) is 3.24. The smallest absolute Gasteiger partial charge is 0.243 e. The highest BCUT2D eigenvalue weighted by Gasteiger charge is 2.28. The highest BCUT2D eigenvalue weighted by molar-refractivity contribution is 7.89. The molecule has 7 heteroatoms. The summed E-state index contributed by atoms with van der Waals surface area (Å²) in [5, 5.41) is 2.67. The third-order valence-corrected chi connectivity index (χ3v) is 5.56. The highest BCUT2D eigenvalue weighted by atomic mass is 32.2. The van der Waals surface area contributed by atoms with Gasteiger partial charge in [0.25, 0.3) is 0 Å². The summed E-state index contributed by atoms with van der Waals surface area (Å²) in [6.45, 7) is 4.41. The molecule has 0 aliphatic carbocycles. The van der Waals surface area contributed by atoms with Crippen LogP contribution in [0.5, 0.6) is 0 Å². The topological polar surface area (TPSA) is 92.5 Å². The van der Waals surface area contributed by atoms with Crippen LogP contribution in [0.2, 0.25) is 0 Å². The van der Waals surface area contributed by atoms with E-state index in [9.17, 15) is 13.2 Å². The Bertz CT molecular complexity index is 641. The molecule has 1 aliphatic rings. The van der Waals surface area contributed by atoms with Gasteiger partial charge in [-0.2, -0.15) is 4.31 Å². The Hall–Kier alpha value is -1.60. The Morgan fingerprint density at radius 1 is 1.25 bits per heavy atom. The number of nitrogens with two attached hydrogens (primary N) is 1. The molecule has 0 unspecified atom stereocenters. The zero-order chi connectivity index (χ0) is 14.9. The van der Waals surface area contributed by atoms with Gasteiger partial charge < -0.3 is 11.1 Å². The largest absolute Gasteiger partial charge is 0.399 e. The lowest BCUT2D eigenvalue weighted by atomic mass is 10.1. The van der Waals surface area contributed by atoms with Crippen molar-refractivity contribution in [1.29, 1.82) is 0 Å². The second kappa shape index (κ2) is 5.41. The van der Waals surface area contributed by atoms with Crippen LogP contribution in [0.3, 0.4) is 0 Å². The first kappa shape index (κ1) is 14.8. The van der Waals surface area contributed by atoms with Crippen molar-refractivity contribution in [2.24, 2.45) is 0 Å². The molecule has 0 saturated carbocycles. The number of nitrogens with one attached hydrogen (secondary N) is 1. The molecule has 3 N–H and O–H groups in total. The van der Waals surface area contributed by atoms with Crippen LogP contribution in [-0.2, 0) is 14.8 Å². The Balaban J connectivity index is 2.42. The molecule has 20 heavy (non-hydrogen) atoms. The van der Waals surface area contributed by atoms with Crippen molar-refractivity contribution in [3.05, 3.63) is 23.3 Å². The number of aryl methyl sites for hydroxylation is 1. The number of rotatable bonds is 2. The number of benzene rings is 1. The van der Waals surface area contributed by atoms with Crippen molar-refractivity contribution in [2.75, 3.05) is 25.4 Å². The van der Waals surface area contributed by atoms with E-state index in [1.807, 2.05) is 6.92 Å². The first-order valence-corrected chi connectivity index (χ1v) is 7.90. The van der Waals surface area contributed by atoms with E-state index in [1.165, 1.54) is 10.4 Å². The Morgan fingerprint density at radius 3 is 2.65 bits per heavy atom. The summed E-state index contributed by atoms with van der Waals surface area (Å²) in [6.07, 6.45) is 0.180. The van der Waals surface area contributed by atoms with Crippen LogP contribution in [0.15, 0.2) is 17.0 Å². The van der Waals surface area contributed by atoms with Crippen LogP contribution in [0.1, 0.15) is 17.5 Å². The molecule has 0 atom stereocenters. The standard InChI is InChI=1S/C13H19N3O3S/c1-9-7-11(14)8-12(10(9)2)20(18,19)16-5-3-13(17)15-4-6-16/h7-8H,3-6,14H2,1-2H3,(H,15,17). The van der Waals surface area contributed by atoms with Crippen LogP contribution in [-0.4, -0.2) is 38.3 Å². The van der Waals surface area contributed by atoms with E-state index in [-0.39, 0.29) is 30.3 Å². The van der Waals surface area contributed by atoms with Crippen molar-refractivity contribution in [3.63, 3.8) is 0 Å². The number of hydrogen-bond acceptors (Lipinski definition) is 4. The molecule has 1 saturated heterocycles. The predicted molar refractivity (Wildman–Crippen MR) is 76.7 cm³/mol. The van der Waals surface area contributed by atoms with E-state index >= 15 is 0 Å². The molecule has 0 radical (unpaired) electrons. The van der Waals surface area contributed by atoms with E-state index in [1.54, 1.807) is 13.0 Å². The molecule has 110 valence electrons. The van der Waals surface area contributed by atoms with Crippen molar-refractivity contribution >= 4 is 21.6 Å². The van der Waals surface area contributed by atoms with Crippen molar-refractivity contribution < 1.29 is 13.2 Å². The summed E-state index contributed by atoms with van der Waals surface area (Å²) < 4.78 is 26.7. The van der Waals surface area contributed by atoms with Gasteiger partial charge in [0.2, 0.25) is 15.9 Å². The first-order chi connectivity index (χ1) is 9.32. The third-order valence-electron chi connectivity index (χ3n) is 3.53. The normalized spacial score (nSPS) is 17.6.